The summed E-state index contributed by atoms with van der Waals surface area (Å²) in [4.78, 5) is 25.0. The first-order valence-electron chi connectivity index (χ1n) is 10.2. The molecule has 1 atom stereocenters. The second-order valence-corrected chi connectivity index (χ2v) is 7.76. The van der Waals surface area contributed by atoms with E-state index in [-0.39, 0.29) is 17.8 Å². The number of carbonyl (C=O) groups excluding carboxylic acids is 1. The van der Waals surface area contributed by atoms with Gasteiger partial charge in [-0.15, -0.1) is 0 Å². The Hall–Kier alpha value is -2.95. The topological polar surface area (TPSA) is 78.7 Å². The van der Waals surface area contributed by atoms with Gasteiger partial charge in [0, 0.05) is 50.9 Å². The second kappa shape index (κ2) is 10.1. The van der Waals surface area contributed by atoms with Crippen LogP contribution in [0.5, 0.6) is 0 Å². The van der Waals surface area contributed by atoms with Gasteiger partial charge in [0.05, 0.1) is 11.7 Å². The number of aromatic nitrogens is 2. The number of halogens is 4. The Morgan fingerprint density at radius 2 is 1.94 bits per heavy atom. The molecular formula is C21H24F4N4O3. The molecule has 0 bridgehead atoms. The number of hydrogen-bond acceptors (Lipinski definition) is 4. The normalized spacial score (nSPS) is 18.8. The lowest BCUT2D eigenvalue weighted by Crippen LogP contribution is -2.39. The zero-order valence-corrected chi connectivity index (χ0v) is 17.3. The molecule has 174 valence electrons. The van der Waals surface area contributed by atoms with Crippen LogP contribution in [-0.4, -0.2) is 62.4 Å². The summed E-state index contributed by atoms with van der Waals surface area (Å²) in [7, 11) is 0. The van der Waals surface area contributed by atoms with Crippen LogP contribution in [0.25, 0.3) is 0 Å². The first-order chi connectivity index (χ1) is 15.1. The molecule has 1 aromatic heterocycles. The van der Waals surface area contributed by atoms with Crippen molar-refractivity contribution in [1.29, 1.82) is 0 Å². The second-order valence-electron chi connectivity index (χ2n) is 7.76. The number of aliphatic carboxylic acids is 1. The van der Waals surface area contributed by atoms with Gasteiger partial charge in [-0.05, 0) is 25.0 Å². The first kappa shape index (κ1) is 23.7. The fraction of sp³-hybridized carbons (Fsp3) is 0.476. The van der Waals surface area contributed by atoms with Gasteiger partial charge in [-0.2, -0.15) is 18.3 Å². The third-order valence-corrected chi connectivity index (χ3v) is 5.45. The van der Waals surface area contributed by atoms with Gasteiger partial charge >= 0.3 is 12.1 Å². The van der Waals surface area contributed by atoms with Crippen molar-refractivity contribution in [3.8, 4) is 0 Å². The number of carboxylic acids is 1. The molecule has 1 N–H and O–H groups in total. The maximum Gasteiger partial charge on any atom is 0.490 e. The highest BCUT2D eigenvalue weighted by Gasteiger charge is 2.38. The fourth-order valence-corrected chi connectivity index (χ4v) is 3.91. The summed E-state index contributed by atoms with van der Waals surface area (Å²) in [6.07, 6.45) is -0.725. The Kier molecular flexibility index (Phi) is 7.49. The Morgan fingerprint density at radius 3 is 2.56 bits per heavy atom. The average molecular weight is 456 g/mol. The van der Waals surface area contributed by atoms with Gasteiger partial charge in [0.25, 0.3) is 0 Å². The Labute approximate surface area is 182 Å². The molecule has 4 rings (SSSR count). The number of nitrogens with zero attached hydrogens (tertiary/aromatic N) is 4. The third kappa shape index (κ3) is 6.06. The van der Waals surface area contributed by atoms with Crippen LogP contribution in [0.2, 0.25) is 0 Å². The molecule has 2 aliphatic rings. The van der Waals surface area contributed by atoms with E-state index in [0.29, 0.717) is 13.0 Å². The first-order valence-corrected chi connectivity index (χ1v) is 10.2. The van der Waals surface area contributed by atoms with E-state index in [0.717, 1.165) is 50.3 Å². The van der Waals surface area contributed by atoms with E-state index in [9.17, 15) is 22.4 Å². The average Bonchev–Trinajstić information content (AvgIpc) is 3.36. The van der Waals surface area contributed by atoms with Crippen molar-refractivity contribution >= 4 is 11.9 Å². The molecule has 11 heteroatoms. The van der Waals surface area contributed by atoms with E-state index in [1.165, 1.54) is 6.07 Å². The molecule has 1 amide bonds. The molecule has 3 heterocycles. The van der Waals surface area contributed by atoms with Crippen molar-refractivity contribution in [3.63, 3.8) is 0 Å². The summed E-state index contributed by atoms with van der Waals surface area (Å²) in [5.74, 6) is -2.65. The molecular weight excluding hydrogens is 432 g/mol. The monoisotopic (exact) mass is 456 g/mol. The van der Waals surface area contributed by atoms with Gasteiger partial charge in [0.15, 0.2) is 0 Å². The molecule has 0 spiro atoms. The van der Waals surface area contributed by atoms with Gasteiger partial charge < -0.3 is 10.0 Å². The lowest BCUT2D eigenvalue weighted by atomic mass is 10.1. The Balaban J connectivity index is 0.000000360. The van der Waals surface area contributed by atoms with Crippen LogP contribution in [-0.2, 0) is 22.7 Å². The highest BCUT2D eigenvalue weighted by atomic mass is 19.4. The van der Waals surface area contributed by atoms with Gasteiger partial charge in [-0.25, -0.2) is 9.18 Å². The predicted octanol–water partition coefficient (Wildman–Crippen LogP) is 3.22. The van der Waals surface area contributed by atoms with Crippen molar-refractivity contribution in [3.05, 3.63) is 53.6 Å². The number of amides is 1. The SMILES string of the molecule is O=C(O)C(F)(F)F.O=C1CCCN1CCC1CN(Cc2ccccc2F)Cc2ccnn21. The van der Waals surface area contributed by atoms with Crippen LogP contribution < -0.4 is 0 Å². The van der Waals surface area contributed by atoms with Gasteiger partial charge in [0.2, 0.25) is 5.91 Å². The molecule has 1 aromatic carbocycles. The standard InChI is InChI=1S/C19H23FN4O.C2HF3O2/c20-18-5-2-1-4-15(18)12-22-13-16-7-9-21-24(16)17(14-22)8-11-23-10-3-6-19(23)25;3-2(4,5)1(6)7/h1-2,4-5,7,9,17H,3,6,8,10-14H2;(H,6,7). The van der Waals surface area contributed by atoms with E-state index in [4.69, 9.17) is 9.90 Å². The number of rotatable bonds is 5. The van der Waals surface area contributed by atoms with E-state index >= 15 is 0 Å². The number of carbonyl (C=O) groups is 2. The number of alkyl halides is 3. The molecule has 2 aromatic rings. The molecule has 7 nitrogen and oxygen atoms in total. The highest BCUT2D eigenvalue weighted by Crippen LogP contribution is 2.26. The minimum Gasteiger partial charge on any atom is -0.475 e. The molecule has 1 saturated heterocycles. The Bertz CT molecular complexity index is 947. The summed E-state index contributed by atoms with van der Waals surface area (Å²) in [6.45, 7) is 3.84. The maximum absolute atomic E-state index is 14.0. The lowest BCUT2D eigenvalue weighted by molar-refractivity contribution is -0.192. The van der Waals surface area contributed by atoms with Crippen LogP contribution in [0, 0.1) is 5.82 Å². The van der Waals surface area contributed by atoms with Gasteiger partial charge in [0.1, 0.15) is 5.82 Å². The van der Waals surface area contributed by atoms with Crippen LogP contribution in [0.15, 0.2) is 36.5 Å². The molecule has 0 aliphatic carbocycles. The molecule has 2 aliphatic heterocycles. The summed E-state index contributed by atoms with van der Waals surface area (Å²) < 4.78 is 47.8. The van der Waals surface area contributed by atoms with Crippen LogP contribution >= 0.6 is 0 Å². The number of likely N-dealkylation sites (tertiary alicyclic amines) is 1. The zero-order chi connectivity index (χ0) is 23.3. The molecule has 0 saturated carbocycles. The van der Waals surface area contributed by atoms with Crippen molar-refractivity contribution in [2.75, 3.05) is 19.6 Å². The number of carboxylic acid groups (broad SMARTS) is 1. The highest BCUT2D eigenvalue weighted by molar-refractivity contribution is 5.78. The van der Waals surface area contributed by atoms with E-state index in [1.807, 2.05) is 29.3 Å². The lowest BCUT2D eigenvalue weighted by Gasteiger charge is -2.34. The minimum atomic E-state index is -5.08. The summed E-state index contributed by atoms with van der Waals surface area (Å²) in [5, 5.41) is 11.6. The van der Waals surface area contributed by atoms with Crippen LogP contribution in [0.4, 0.5) is 17.6 Å². The van der Waals surface area contributed by atoms with Crippen molar-refractivity contribution < 1.29 is 32.3 Å². The smallest absolute Gasteiger partial charge is 0.475 e. The predicted molar refractivity (Wildman–Crippen MR) is 106 cm³/mol. The van der Waals surface area contributed by atoms with Crippen molar-refractivity contribution in [2.24, 2.45) is 0 Å². The quantitative estimate of drug-likeness (QED) is 0.699. The third-order valence-electron chi connectivity index (χ3n) is 5.45. The van der Waals surface area contributed by atoms with E-state index < -0.39 is 12.1 Å². The number of fused-ring (bicyclic) bond motifs is 1. The summed E-state index contributed by atoms with van der Waals surface area (Å²) in [6, 6.07) is 9.21. The molecule has 0 radical (unpaired) electrons. The van der Waals surface area contributed by atoms with E-state index in [2.05, 4.69) is 14.7 Å². The van der Waals surface area contributed by atoms with Crippen molar-refractivity contribution in [1.82, 2.24) is 19.6 Å². The van der Waals surface area contributed by atoms with Gasteiger partial charge in [-0.3, -0.25) is 14.4 Å². The van der Waals surface area contributed by atoms with Crippen LogP contribution in [0.3, 0.4) is 0 Å². The summed E-state index contributed by atoms with van der Waals surface area (Å²) >= 11 is 0. The summed E-state index contributed by atoms with van der Waals surface area (Å²) in [5.41, 5.74) is 1.88. The minimum absolute atomic E-state index is 0.152. The molecule has 1 unspecified atom stereocenters. The number of hydrogen-bond donors (Lipinski definition) is 1. The van der Waals surface area contributed by atoms with E-state index in [1.54, 1.807) is 6.07 Å². The van der Waals surface area contributed by atoms with Gasteiger partial charge in [-0.1, -0.05) is 18.2 Å². The largest absolute Gasteiger partial charge is 0.490 e. The number of benzene rings is 1. The fourth-order valence-electron chi connectivity index (χ4n) is 3.91. The van der Waals surface area contributed by atoms with Crippen molar-refractivity contribution in [2.45, 2.75) is 44.6 Å². The zero-order valence-electron chi connectivity index (χ0n) is 17.3. The molecule has 32 heavy (non-hydrogen) atoms. The molecule has 1 fully saturated rings. The Morgan fingerprint density at radius 1 is 1.22 bits per heavy atom. The maximum atomic E-state index is 14.0. The van der Waals surface area contributed by atoms with Crippen LogP contribution in [0.1, 0.15) is 36.6 Å².